The minimum Gasteiger partial charge on any atom is -0.497 e. The molecule has 1 N–H and O–H groups in total. The molecule has 2 amide bonds. The maximum absolute atomic E-state index is 13.6. The zero-order chi connectivity index (χ0) is 26.2. The molecule has 2 rings (SSSR count). The molecule has 0 saturated carbocycles. The number of sulfonamides is 1. The highest BCUT2D eigenvalue weighted by molar-refractivity contribution is 7.92. The second kappa shape index (κ2) is 13.0. The molecular formula is C24H31Cl2N3O5S. The Labute approximate surface area is 217 Å². The fraction of sp³-hybridized carbons (Fsp3) is 0.417. The van der Waals surface area contributed by atoms with Crippen molar-refractivity contribution in [2.24, 2.45) is 0 Å². The molecule has 8 nitrogen and oxygen atoms in total. The van der Waals surface area contributed by atoms with E-state index in [-0.39, 0.29) is 18.1 Å². The molecule has 0 aromatic heterocycles. The largest absolute Gasteiger partial charge is 0.497 e. The number of hydrogen-bond acceptors (Lipinski definition) is 5. The molecule has 0 radical (unpaired) electrons. The summed E-state index contributed by atoms with van der Waals surface area (Å²) >= 11 is 12.2. The molecule has 11 heteroatoms. The van der Waals surface area contributed by atoms with Gasteiger partial charge >= 0.3 is 0 Å². The molecule has 0 bridgehead atoms. The summed E-state index contributed by atoms with van der Waals surface area (Å²) in [5.74, 6) is -0.403. The molecule has 0 spiro atoms. The number of nitrogens with zero attached hydrogens (tertiary/aromatic N) is 2. The van der Waals surface area contributed by atoms with Crippen molar-refractivity contribution < 1.29 is 22.7 Å². The van der Waals surface area contributed by atoms with E-state index in [9.17, 15) is 18.0 Å². The van der Waals surface area contributed by atoms with Gasteiger partial charge in [-0.05, 0) is 42.7 Å². The van der Waals surface area contributed by atoms with E-state index in [2.05, 4.69) is 5.32 Å². The Bertz CT molecular complexity index is 1140. The minimum absolute atomic E-state index is 0.0451. The first-order valence-corrected chi connectivity index (χ1v) is 13.7. The molecule has 2 aromatic carbocycles. The van der Waals surface area contributed by atoms with Crippen molar-refractivity contribution in [1.29, 1.82) is 0 Å². The Balaban J connectivity index is 2.45. The van der Waals surface area contributed by atoms with Gasteiger partial charge in [0.2, 0.25) is 21.8 Å². The molecule has 0 aliphatic heterocycles. The first kappa shape index (κ1) is 28.7. The van der Waals surface area contributed by atoms with Crippen LogP contribution in [0.4, 0.5) is 5.69 Å². The van der Waals surface area contributed by atoms with E-state index < -0.39 is 28.5 Å². The number of ether oxygens (including phenoxy) is 1. The predicted molar refractivity (Wildman–Crippen MR) is 140 cm³/mol. The van der Waals surface area contributed by atoms with Gasteiger partial charge in [-0.25, -0.2) is 8.42 Å². The smallest absolute Gasteiger partial charge is 0.244 e. The number of anilines is 1. The lowest BCUT2D eigenvalue weighted by Crippen LogP contribution is -2.52. The van der Waals surface area contributed by atoms with Crippen molar-refractivity contribution >= 4 is 50.7 Å². The predicted octanol–water partition coefficient (Wildman–Crippen LogP) is 4.10. The highest BCUT2D eigenvalue weighted by Crippen LogP contribution is 2.26. The molecule has 0 aliphatic rings. The van der Waals surface area contributed by atoms with Crippen LogP contribution in [0.2, 0.25) is 10.0 Å². The second-order valence-corrected chi connectivity index (χ2v) is 10.7. The number of carbonyl (C=O) groups excluding carboxylic acids is 2. The van der Waals surface area contributed by atoms with E-state index in [1.807, 2.05) is 6.92 Å². The third-order valence-corrected chi connectivity index (χ3v) is 7.17. The molecule has 0 fully saturated rings. The number of hydrogen-bond donors (Lipinski definition) is 1. The van der Waals surface area contributed by atoms with Gasteiger partial charge in [-0.1, -0.05) is 49.2 Å². The first-order valence-electron chi connectivity index (χ1n) is 11.1. The van der Waals surface area contributed by atoms with Crippen LogP contribution in [0.3, 0.4) is 0 Å². The van der Waals surface area contributed by atoms with Crippen molar-refractivity contribution in [3.8, 4) is 5.75 Å². The third-order valence-electron chi connectivity index (χ3n) is 5.29. The number of nitrogens with one attached hydrogen (secondary N) is 1. The van der Waals surface area contributed by atoms with E-state index >= 15 is 0 Å². The Morgan fingerprint density at radius 2 is 1.80 bits per heavy atom. The third kappa shape index (κ3) is 8.02. The SMILES string of the molecule is CCCNC(=O)[C@H](CC)N(Cc1ccc(Cl)c(Cl)c1)C(=O)CN(c1cccc(OC)c1)S(C)(=O)=O. The zero-order valence-corrected chi connectivity index (χ0v) is 22.6. The number of halogens is 2. The highest BCUT2D eigenvalue weighted by atomic mass is 35.5. The number of amides is 2. The van der Waals surface area contributed by atoms with Crippen LogP contribution in [0.25, 0.3) is 0 Å². The summed E-state index contributed by atoms with van der Waals surface area (Å²) in [7, 11) is -2.37. The standard InChI is InChI=1S/C24H31Cl2N3O5S/c1-5-12-27-24(31)22(6-2)28(15-17-10-11-20(25)21(26)13-17)23(30)16-29(35(4,32)33)18-8-7-9-19(14-18)34-3/h7-11,13-14,22H,5-6,12,15-16H2,1-4H3,(H,27,31)/t22-/m0/s1. The van der Waals surface area contributed by atoms with Gasteiger partial charge in [0.15, 0.2) is 0 Å². The molecule has 0 saturated heterocycles. The Morgan fingerprint density at radius 1 is 1.09 bits per heavy atom. The van der Waals surface area contributed by atoms with Crippen LogP contribution < -0.4 is 14.4 Å². The van der Waals surface area contributed by atoms with Crippen molar-refractivity contribution in [3.05, 3.63) is 58.1 Å². The lowest BCUT2D eigenvalue weighted by atomic mass is 10.1. The molecule has 0 unspecified atom stereocenters. The van der Waals surface area contributed by atoms with Gasteiger partial charge in [0.1, 0.15) is 18.3 Å². The van der Waals surface area contributed by atoms with Crippen LogP contribution in [-0.4, -0.2) is 57.6 Å². The van der Waals surface area contributed by atoms with Gasteiger partial charge in [-0.15, -0.1) is 0 Å². The molecule has 0 heterocycles. The van der Waals surface area contributed by atoms with E-state index in [0.717, 1.165) is 17.0 Å². The number of carbonyl (C=O) groups is 2. The van der Waals surface area contributed by atoms with Gasteiger partial charge in [-0.2, -0.15) is 0 Å². The van der Waals surface area contributed by atoms with E-state index in [0.29, 0.717) is 34.3 Å². The Hall–Kier alpha value is -2.49. The average Bonchev–Trinajstić information content (AvgIpc) is 2.82. The van der Waals surface area contributed by atoms with E-state index in [1.165, 1.54) is 18.1 Å². The monoisotopic (exact) mass is 543 g/mol. The van der Waals surface area contributed by atoms with Crippen LogP contribution in [-0.2, 0) is 26.2 Å². The van der Waals surface area contributed by atoms with Gasteiger partial charge in [0.05, 0.1) is 29.1 Å². The number of rotatable bonds is 12. The van der Waals surface area contributed by atoms with E-state index in [4.69, 9.17) is 27.9 Å². The van der Waals surface area contributed by atoms with Crippen molar-refractivity contribution in [1.82, 2.24) is 10.2 Å². The zero-order valence-electron chi connectivity index (χ0n) is 20.3. The van der Waals surface area contributed by atoms with E-state index in [1.54, 1.807) is 43.3 Å². The molecule has 35 heavy (non-hydrogen) atoms. The summed E-state index contributed by atoms with van der Waals surface area (Å²) in [4.78, 5) is 27.9. The first-order chi connectivity index (χ1) is 16.5. The maximum atomic E-state index is 13.6. The van der Waals surface area contributed by atoms with Crippen LogP contribution in [0, 0.1) is 0 Å². The summed E-state index contributed by atoms with van der Waals surface area (Å²) in [6.07, 6.45) is 2.09. The average molecular weight is 545 g/mol. The topological polar surface area (TPSA) is 96.0 Å². The second-order valence-electron chi connectivity index (χ2n) is 7.96. The quantitative estimate of drug-likeness (QED) is 0.434. The summed E-state index contributed by atoms with van der Waals surface area (Å²) in [6, 6.07) is 10.5. The summed E-state index contributed by atoms with van der Waals surface area (Å²) in [5.41, 5.74) is 0.931. The van der Waals surface area contributed by atoms with Crippen molar-refractivity contribution in [3.63, 3.8) is 0 Å². The fourth-order valence-electron chi connectivity index (χ4n) is 3.50. The lowest BCUT2D eigenvalue weighted by molar-refractivity contribution is -0.140. The van der Waals surface area contributed by atoms with Crippen LogP contribution in [0.5, 0.6) is 5.75 Å². The fourth-order valence-corrected chi connectivity index (χ4v) is 4.66. The molecule has 0 aliphatic carbocycles. The summed E-state index contributed by atoms with van der Waals surface area (Å²) in [5, 5.41) is 3.50. The van der Waals surface area contributed by atoms with Crippen molar-refractivity contribution in [2.75, 3.05) is 30.8 Å². The molecule has 1 atom stereocenters. The molecule has 192 valence electrons. The highest BCUT2D eigenvalue weighted by Gasteiger charge is 2.31. The molecule has 2 aromatic rings. The van der Waals surface area contributed by atoms with Crippen LogP contribution in [0.15, 0.2) is 42.5 Å². The minimum atomic E-state index is -3.83. The maximum Gasteiger partial charge on any atom is 0.244 e. The van der Waals surface area contributed by atoms with Gasteiger partial charge in [-0.3, -0.25) is 13.9 Å². The number of methoxy groups -OCH3 is 1. The Morgan fingerprint density at radius 3 is 2.37 bits per heavy atom. The van der Waals surface area contributed by atoms with Gasteiger partial charge in [0.25, 0.3) is 0 Å². The lowest BCUT2D eigenvalue weighted by Gasteiger charge is -2.33. The normalized spacial score (nSPS) is 12.1. The van der Waals surface area contributed by atoms with Crippen LogP contribution >= 0.6 is 23.2 Å². The van der Waals surface area contributed by atoms with Crippen LogP contribution in [0.1, 0.15) is 32.3 Å². The number of benzene rings is 2. The van der Waals surface area contributed by atoms with Gasteiger partial charge < -0.3 is 15.0 Å². The summed E-state index contributed by atoms with van der Waals surface area (Å²) < 4.78 is 31.5. The van der Waals surface area contributed by atoms with Gasteiger partial charge in [0, 0.05) is 19.2 Å². The van der Waals surface area contributed by atoms with Crippen molar-refractivity contribution in [2.45, 2.75) is 39.3 Å². The molecular weight excluding hydrogens is 513 g/mol. The summed E-state index contributed by atoms with van der Waals surface area (Å²) in [6.45, 7) is 3.73. The Kier molecular flexibility index (Phi) is 10.7.